The first kappa shape index (κ1) is 11.8. The normalized spacial score (nSPS) is 21.5. The van der Waals surface area contributed by atoms with E-state index >= 15 is 0 Å². The van der Waals surface area contributed by atoms with Crippen molar-refractivity contribution in [3.8, 4) is 0 Å². The summed E-state index contributed by atoms with van der Waals surface area (Å²) in [5, 5.41) is 9.64. The topological polar surface area (TPSA) is 36.4 Å². The summed E-state index contributed by atoms with van der Waals surface area (Å²) < 4.78 is 0. The van der Waals surface area contributed by atoms with Crippen molar-refractivity contribution < 1.29 is 5.11 Å². The van der Waals surface area contributed by atoms with E-state index in [0.717, 1.165) is 36.6 Å². The average molecular weight is 241 g/mol. The molecule has 1 fully saturated rings. The van der Waals surface area contributed by atoms with Gasteiger partial charge < -0.3 is 5.11 Å². The molecule has 1 aliphatic heterocycles. The van der Waals surface area contributed by atoms with Crippen LogP contribution in [0, 0.1) is 5.92 Å². The van der Waals surface area contributed by atoms with E-state index in [1.807, 2.05) is 6.07 Å². The van der Waals surface area contributed by atoms with Gasteiger partial charge in [0.1, 0.15) is 0 Å². The number of likely N-dealkylation sites (tertiary alicyclic amines) is 1. The first-order valence-electron chi connectivity index (χ1n) is 5.71. The van der Waals surface area contributed by atoms with Crippen molar-refractivity contribution in [2.75, 3.05) is 19.7 Å². The average Bonchev–Trinajstić information content (AvgIpc) is 2.70. The molecule has 1 aromatic rings. The molecule has 1 aromatic heterocycles. The van der Waals surface area contributed by atoms with Gasteiger partial charge in [-0.1, -0.05) is 11.6 Å². The van der Waals surface area contributed by atoms with Crippen molar-refractivity contribution in [2.45, 2.75) is 19.4 Å². The fraction of sp³-hybridized carbons (Fsp3) is 0.583. The molecule has 3 nitrogen and oxygen atoms in total. The van der Waals surface area contributed by atoms with Crippen LogP contribution in [0.25, 0.3) is 0 Å². The Morgan fingerprint density at radius 3 is 3.19 bits per heavy atom. The highest BCUT2D eigenvalue weighted by molar-refractivity contribution is 6.31. The standard InChI is InChI=1S/C12H17ClN2O/c13-12-7-14-4-1-11(12)9-15-5-2-10(8-15)3-6-16/h1,4,7,10,16H,2-3,5-6,8-9H2. The van der Waals surface area contributed by atoms with Crippen molar-refractivity contribution in [3.05, 3.63) is 29.0 Å². The lowest BCUT2D eigenvalue weighted by Crippen LogP contribution is -2.20. The lowest BCUT2D eigenvalue weighted by Gasteiger charge is -2.16. The van der Waals surface area contributed by atoms with E-state index in [1.165, 1.54) is 6.42 Å². The molecule has 1 aliphatic rings. The van der Waals surface area contributed by atoms with Crippen LogP contribution < -0.4 is 0 Å². The molecule has 88 valence electrons. The smallest absolute Gasteiger partial charge is 0.0634 e. The first-order valence-corrected chi connectivity index (χ1v) is 6.09. The molecular weight excluding hydrogens is 224 g/mol. The largest absolute Gasteiger partial charge is 0.396 e. The lowest BCUT2D eigenvalue weighted by molar-refractivity contribution is 0.249. The van der Waals surface area contributed by atoms with Gasteiger partial charge in [-0.15, -0.1) is 0 Å². The van der Waals surface area contributed by atoms with E-state index in [9.17, 15) is 0 Å². The molecule has 1 atom stereocenters. The summed E-state index contributed by atoms with van der Waals surface area (Å²) >= 11 is 6.07. The molecule has 0 aromatic carbocycles. The highest BCUT2D eigenvalue weighted by Crippen LogP contribution is 2.23. The van der Waals surface area contributed by atoms with Crippen LogP contribution in [0.3, 0.4) is 0 Å². The highest BCUT2D eigenvalue weighted by atomic mass is 35.5. The van der Waals surface area contributed by atoms with Crippen molar-refractivity contribution in [2.24, 2.45) is 5.92 Å². The number of nitrogens with zero attached hydrogens (tertiary/aromatic N) is 2. The second-order valence-electron chi connectivity index (χ2n) is 4.37. The van der Waals surface area contributed by atoms with Crippen LogP contribution in [-0.2, 0) is 6.54 Å². The van der Waals surface area contributed by atoms with Gasteiger partial charge in [0.15, 0.2) is 0 Å². The summed E-state index contributed by atoms with van der Waals surface area (Å²) in [5.74, 6) is 0.644. The highest BCUT2D eigenvalue weighted by Gasteiger charge is 2.22. The molecule has 16 heavy (non-hydrogen) atoms. The summed E-state index contributed by atoms with van der Waals surface area (Å²) in [5.41, 5.74) is 1.14. The van der Waals surface area contributed by atoms with E-state index in [-0.39, 0.29) is 0 Å². The van der Waals surface area contributed by atoms with Gasteiger partial charge in [-0.2, -0.15) is 0 Å². The zero-order chi connectivity index (χ0) is 11.4. The molecule has 1 N–H and O–H groups in total. The van der Waals surface area contributed by atoms with Crippen molar-refractivity contribution >= 4 is 11.6 Å². The number of halogens is 1. The Hall–Kier alpha value is -0.640. The Labute approximate surface area is 101 Å². The zero-order valence-electron chi connectivity index (χ0n) is 9.27. The van der Waals surface area contributed by atoms with Crippen molar-refractivity contribution in [1.82, 2.24) is 9.88 Å². The first-order chi connectivity index (χ1) is 7.79. The maximum absolute atomic E-state index is 8.90. The summed E-state index contributed by atoms with van der Waals surface area (Å²) in [6.07, 6.45) is 5.57. The minimum atomic E-state index is 0.300. The summed E-state index contributed by atoms with van der Waals surface area (Å²) in [7, 11) is 0. The molecule has 2 heterocycles. The van der Waals surface area contributed by atoms with Crippen molar-refractivity contribution in [3.63, 3.8) is 0 Å². The predicted octanol–water partition coefficient (Wildman–Crippen LogP) is 1.94. The molecule has 1 unspecified atom stereocenters. The lowest BCUT2D eigenvalue weighted by atomic mass is 10.1. The molecule has 0 amide bonds. The number of rotatable bonds is 4. The van der Waals surface area contributed by atoms with Gasteiger partial charge >= 0.3 is 0 Å². The van der Waals surface area contributed by atoms with E-state index in [0.29, 0.717) is 12.5 Å². The number of aliphatic hydroxyl groups is 1. The molecule has 0 aliphatic carbocycles. The Kier molecular flexibility index (Phi) is 4.16. The number of hydrogen-bond donors (Lipinski definition) is 1. The third-order valence-corrected chi connectivity index (χ3v) is 3.50. The third-order valence-electron chi connectivity index (χ3n) is 3.16. The summed E-state index contributed by atoms with van der Waals surface area (Å²) in [4.78, 5) is 6.37. The van der Waals surface area contributed by atoms with Gasteiger partial charge in [-0.05, 0) is 36.9 Å². The van der Waals surface area contributed by atoms with Crippen LogP contribution in [0.1, 0.15) is 18.4 Å². The monoisotopic (exact) mass is 240 g/mol. The van der Waals surface area contributed by atoms with Gasteiger partial charge in [0.25, 0.3) is 0 Å². The molecule has 4 heteroatoms. The Balaban J connectivity index is 1.90. The Bertz CT molecular complexity index is 346. The number of hydrogen-bond acceptors (Lipinski definition) is 3. The van der Waals surface area contributed by atoms with E-state index in [2.05, 4.69) is 9.88 Å². The van der Waals surface area contributed by atoms with Crippen LogP contribution >= 0.6 is 11.6 Å². The summed E-state index contributed by atoms with van der Waals surface area (Å²) in [6.45, 7) is 3.36. The second kappa shape index (κ2) is 5.62. The van der Waals surface area contributed by atoms with Crippen LogP contribution in [0.2, 0.25) is 5.02 Å². The Morgan fingerprint density at radius 2 is 2.44 bits per heavy atom. The number of pyridine rings is 1. The quantitative estimate of drug-likeness (QED) is 0.874. The molecule has 0 spiro atoms. The third kappa shape index (κ3) is 2.94. The predicted molar refractivity (Wildman–Crippen MR) is 64.3 cm³/mol. The molecule has 1 saturated heterocycles. The van der Waals surface area contributed by atoms with Gasteiger partial charge in [0, 0.05) is 32.1 Å². The number of aliphatic hydroxyl groups excluding tert-OH is 1. The van der Waals surface area contributed by atoms with Crippen LogP contribution in [0.5, 0.6) is 0 Å². The second-order valence-corrected chi connectivity index (χ2v) is 4.78. The molecule has 2 rings (SSSR count). The van der Waals surface area contributed by atoms with E-state index in [4.69, 9.17) is 16.7 Å². The fourth-order valence-electron chi connectivity index (χ4n) is 2.25. The van der Waals surface area contributed by atoms with E-state index < -0.39 is 0 Å². The van der Waals surface area contributed by atoms with Crippen LogP contribution in [0.15, 0.2) is 18.5 Å². The molecule has 0 bridgehead atoms. The SMILES string of the molecule is OCCC1CCN(Cc2ccncc2Cl)C1. The summed E-state index contributed by atoms with van der Waals surface area (Å²) in [6, 6.07) is 1.97. The van der Waals surface area contributed by atoms with Gasteiger partial charge in [0.05, 0.1) is 5.02 Å². The molecular formula is C12H17ClN2O. The van der Waals surface area contributed by atoms with Gasteiger partial charge in [-0.25, -0.2) is 0 Å². The maximum atomic E-state index is 8.90. The van der Waals surface area contributed by atoms with Gasteiger partial charge in [0.2, 0.25) is 0 Å². The minimum Gasteiger partial charge on any atom is -0.396 e. The number of aromatic nitrogens is 1. The van der Waals surface area contributed by atoms with Gasteiger partial charge in [-0.3, -0.25) is 9.88 Å². The van der Waals surface area contributed by atoms with Crippen molar-refractivity contribution in [1.29, 1.82) is 0 Å². The van der Waals surface area contributed by atoms with Crippen LogP contribution in [0.4, 0.5) is 0 Å². The Morgan fingerprint density at radius 1 is 1.56 bits per heavy atom. The maximum Gasteiger partial charge on any atom is 0.0634 e. The molecule has 0 radical (unpaired) electrons. The zero-order valence-corrected chi connectivity index (χ0v) is 10.0. The fourth-order valence-corrected chi connectivity index (χ4v) is 2.43. The van der Waals surface area contributed by atoms with Crippen LogP contribution in [-0.4, -0.2) is 34.7 Å². The molecule has 0 saturated carbocycles. The van der Waals surface area contributed by atoms with E-state index in [1.54, 1.807) is 12.4 Å². The minimum absolute atomic E-state index is 0.300.